The molecule has 2 fully saturated rings. The van der Waals surface area contributed by atoms with Gasteiger partial charge in [0.25, 0.3) is 0 Å². The molecule has 0 radical (unpaired) electrons. The number of ether oxygens (including phenoxy) is 5. The highest BCUT2D eigenvalue weighted by Crippen LogP contribution is 2.51. The number of carbonyl (C=O) groups excluding carboxylic acids is 2. The summed E-state index contributed by atoms with van der Waals surface area (Å²) < 4.78 is 39.5. The van der Waals surface area contributed by atoms with Gasteiger partial charge in [-0.15, -0.1) is 34.0 Å². The highest BCUT2D eigenvalue weighted by Gasteiger charge is 2.39. The second-order valence-electron chi connectivity index (χ2n) is 36.5. The lowest BCUT2D eigenvalue weighted by Gasteiger charge is -2.29. The van der Waals surface area contributed by atoms with Crippen LogP contribution in [0.1, 0.15) is 141 Å². The number of fused-ring (bicyclic) bond motifs is 6. The normalized spacial score (nSPS) is 15.3. The van der Waals surface area contributed by atoms with Gasteiger partial charge in [-0.05, 0) is 296 Å². The number of thiazole rings is 3. The van der Waals surface area contributed by atoms with Gasteiger partial charge in [0.05, 0.1) is 77.2 Å². The van der Waals surface area contributed by atoms with Gasteiger partial charge in [-0.25, -0.2) is 29.3 Å². The van der Waals surface area contributed by atoms with Crippen molar-refractivity contribution < 1.29 is 43.2 Å². The molecule has 0 amide bonds. The monoisotopic (exact) mass is 1920 g/mol. The van der Waals surface area contributed by atoms with Gasteiger partial charge in [-0.2, -0.15) is 15.3 Å². The van der Waals surface area contributed by atoms with Crippen LogP contribution in [0.4, 0.5) is 11.6 Å². The molecule has 0 saturated carbocycles. The minimum Gasteiger partial charge on any atom is -0.479 e. The first-order chi connectivity index (χ1) is 61.1. The van der Waals surface area contributed by atoms with Gasteiger partial charge in [0, 0.05) is 141 Å². The first-order valence-corrected chi connectivity index (χ1v) is 47.6. The number of carbonyl (C=O) groups is 3. The molecule has 15 aromatic rings. The molecule has 8 heterocycles. The first-order valence-electron chi connectivity index (χ1n) is 43.2. The number of benzene rings is 9. The van der Waals surface area contributed by atoms with E-state index in [0.717, 1.165) is 212 Å². The molecule has 29 heteroatoms. The zero-order valence-corrected chi connectivity index (χ0v) is 83.0. The van der Waals surface area contributed by atoms with Crippen molar-refractivity contribution in [2.45, 2.75) is 157 Å². The van der Waals surface area contributed by atoms with E-state index in [1.807, 2.05) is 210 Å². The summed E-state index contributed by atoms with van der Waals surface area (Å²) in [5.74, 6) is 0.157. The van der Waals surface area contributed by atoms with Gasteiger partial charge in [0.15, 0.2) is 29.9 Å². The van der Waals surface area contributed by atoms with E-state index >= 15 is 0 Å². The molecule has 0 bridgehead atoms. The van der Waals surface area contributed by atoms with Gasteiger partial charge in [0.2, 0.25) is 0 Å². The number of hydrogen-bond donors (Lipinski definition) is 1. The molecule has 2 saturated heterocycles. The van der Waals surface area contributed by atoms with E-state index in [9.17, 15) is 19.5 Å². The maximum Gasteiger partial charge on any atom is 0.339 e. The van der Waals surface area contributed by atoms with Gasteiger partial charge in [-0.1, -0.05) is 71.2 Å². The predicted octanol–water partition coefficient (Wildman–Crippen LogP) is 24.3. The van der Waals surface area contributed by atoms with E-state index in [-0.39, 0.29) is 13.2 Å². The predicted molar refractivity (Wildman–Crippen MR) is 531 cm³/mol. The summed E-state index contributed by atoms with van der Waals surface area (Å²) in [5.41, 5.74) is 17.1. The molecular weight excluding hydrogens is 1810 g/mol. The van der Waals surface area contributed by atoms with Gasteiger partial charge >= 0.3 is 17.9 Å². The third-order valence-corrected chi connectivity index (χ3v) is 28.0. The summed E-state index contributed by atoms with van der Waals surface area (Å²) >= 11 is 27.2. The molecular formula is C100H109BrCl3N13O9S3. The number of hydrogen-bond acceptors (Lipinski definition) is 21. The molecule has 0 unspecified atom stereocenters. The average molecular weight is 1920 g/mol. The van der Waals surface area contributed by atoms with Crippen molar-refractivity contribution in [3.05, 3.63) is 199 Å². The summed E-state index contributed by atoms with van der Waals surface area (Å²) in [6.07, 6.45) is -0.761. The number of nitrogens with zero attached hydrogens (tertiary/aromatic N) is 13. The third kappa shape index (κ3) is 20.0. The van der Waals surface area contributed by atoms with Crippen LogP contribution in [0.5, 0.6) is 0 Å². The summed E-state index contributed by atoms with van der Waals surface area (Å²) in [4.78, 5) is 64.2. The Morgan fingerprint density at radius 2 is 0.744 bits per heavy atom. The van der Waals surface area contributed by atoms with Crippen molar-refractivity contribution in [3.8, 4) is 65.1 Å². The lowest BCUT2D eigenvalue weighted by atomic mass is 9.91. The smallest absolute Gasteiger partial charge is 0.339 e. The Bertz CT molecular complexity index is 6760. The zero-order valence-electron chi connectivity index (χ0n) is 76.7. The number of carboxylic acids is 1. The zero-order chi connectivity index (χ0) is 92.5. The van der Waals surface area contributed by atoms with Gasteiger partial charge in [-0.3, -0.25) is 14.0 Å². The Labute approximate surface area is 788 Å². The maximum absolute atomic E-state index is 13.5. The number of halogens is 4. The fourth-order valence-electron chi connectivity index (χ4n) is 17.2. The highest BCUT2D eigenvalue weighted by molar-refractivity contribution is 9.10. The second-order valence-corrected chi connectivity index (χ2v) is 41.5. The minimum absolute atomic E-state index is 0.261. The van der Waals surface area contributed by atoms with Crippen LogP contribution in [-0.2, 0) is 59.2 Å². The summed E-state index contributed by atoms with van der Waals surface area (Å²) in [6, 6.07) is 49.1. The van der Waals surface area contributed by atoms with Gasteiger partial charge < -0.3 is 48.4 Å². The first kappa shape index (κ1) is 93.9. The van der Waals surface area contributed by atoms with Crippen molar-refractivity contribution in [2.75, 3.05) is 77.4 Å². The number of rotatable bonds is 21. The van der Waals surface area contributed by atoms with E-state index in [1.165, 1.54) is 0 Å². The standard InChI is InChI=1S/C36H42ClN5O3S.C34H38ClN5O3S.C30H29BrClN3O3S/c1-9-44-35(43)31(45-36(3,4)5)29-21(2)18-27-32(30(29)22-10-13-24(37)14-11-22)46-34(38-27)23-12-15-28-26(19-23)33(39-41(28)8)42-17-16-25(20-42)40(6)7;1-19-16-25-30(28(20-8-11-22(35)12-9-20)27(19)29(33(41)42)43-34(2,3)4)44-32(36-25)21-10-13-26-24(17-21)31(37-39(26)7)40-15-14-23(18-40)38(5)6;1-7-37-29(36)25(38-30(3,4)5)23-16(2)14-21-26(24(23)17-8-11-19(32)12-9-17)39-28(33-21)18-10-13-22-20(15-18)27(31)34-35(22)6/h10-15,18-19,25,31H,9,16-17,20H2,1-8H3;8-13,16-17,23,29H,14-15,18H2,1-7H3,(H,41,42);8-15,25H,7H2,1-6H3/t25-,31+;23-,29+;25-/m110/s1. The van der Waals surface area contributed by atoms with Crippen LogP contribution in [0.25, 0.3) is 128 Å². The Morgan fingerprint density at radius 3 is 1.05 bits per heavy atom. The molecule has 22 nitrogen and oxygen atoms in total. The van der Waals surface area contributed by atoms with Crippen molar-refractivity contribution in [1.82, 2.24) is 54.1 Å². The number of anilines is 2. The fourth-order valence-corrected chi connectivity index (χ4v) is 21.5. The number of aliphatic carboxylic acids is 1. The van der Waals surface area contributed by atoms with E-state index < -0.39 is 53.0 Å². The number of aryl methyl sites for hydroxylation is 6. The molecule has 1 N–H and O–H groups in total. The summed E-state index contributed by atoms with van der Waals surface area (Å²) in [6.45, 7) is 31.2. The van der Waals surface area contributed by atoms with Crippen LogP contribution in [0.15, 0.2) is 150 Å². The Hall–Kier alpha value is -9.78. The van der Waals surface area contributed by atoms with Crippen molar-refractivity contribution in [3.63, 3.8) is 0 Å². The Morgan fingerprint density at radius 1 is 0.450 bits per heavy atom. The van der Waals surface area contributed by atoms with Crippen LogP contribution >= 0.6 is 84.7 Å². The minimum atomic E-state index is -1.16. The van der Waals surface area contributed by atoms with Crippen molar-refractivity contribution in [1.29, 1.82) is 0 Å². The molecule has 2 aliphatic rings. The second kappa shape index (κ2) is 37.8. The molecule has 6 aromatic heterocycles. The number of esters is 2. The molecule has 674 valence electrons. The van der Waals surface area contributed by atoms with Crippen molar-refractivity contribution >= 4 is 178 Å². The van der Waals surface area contributed by atoms with Crippen LogP contribution in [-0.4, -0.2) is 174 Å². The Kier molecular flexibility index (Phi) is 27.5. The maximum atomic E-state index is 13.5. The van der Waals surface area contributed by atoms with Crippen LogP contribution in [0, 0.1) is 20.8 Å². The van der Waals surface area contributed by atoms with Crippen LogP contribution in [0.3, 0.4) is 0 Å². The molecule has 0 aliphatic carbocycles. The summed E-state index contributed by atoms with van der Waals surface area (Å²) in [5, 5.41) is 32.5. The van der Waals surface area contributed by atoms with E-state index in [0.29, 0.717) is 32.7 Å². The van der Waals surface area contributed by atoms with Crippen LogP contribution in [0.2, 0.25) is 15.1 Å². The van der Waals surface area contributed by atoms with Crippen LogP contribution < -0.4 is 9.80 Å². The molecule has 2 aliphatic heterocycles. The fraction of sp³-hybridized carbons (Fsp3) is 0.370. The lowest BCUT2D eigenvalue weighted by Crippen LogP contribution is -2.31. The average Bonchev–Trinajstić information content (AvgIpc) is 1.63. The Balaban J connectivity index is 0.000000149. The number of carboxylic acid groups (broad SMARTS) is 1. The number of likely N-dealkylation sites (N-methyl/N-ethyl adjacent to an activating group) is 2. The van der Waals surface area contributed by atoms with Crippen molar-refractivity contribution in [2.24, 2.45) is 21.1 Å². The largest absolute Gasteiger partial charge is 0.479 e. The highest BCUT2D eigenvalue weighted by atomic mass is 79.9. The quantitative estimate of drug-likeness (QED) is 0.0660. The van der Waals surface area contributed by atoms with E-state index in [4.69, 9.17) is 83.6 Å². The molecule has 9 aromatic carbocycles. The molecule has 0 spiro atoms. The topological polar surface area (TPSA) is 223 Å². The molecule has 17 rings (SSSR count). The SMILES string of the molecule is CCOC(=O)[C@@H](OC(C)(C)C)c1c(C)cc2nc(-c3ccc4c(c3)c(Br)nn4C)sc2c1-c1ccc(Cl)cc1.CCOC(=O)[C@@H](OC(C)(C)C)c1c(C)cc2nc(-c3ccc4c(c3)c(N3CC[C@@H](N(C)C)C3)nn4C)sc2c1-c1ccc(Cl)cc1.Cc1cc2nc(-c3ccc4c(c3)c(N3CC[C@@H](N(C)C)C3)nn4C)sc2c(-c2ccc(Cl)cc2)c1[C@H](OC(C)(C)C)C(=O)O. The number of aromatic nitrogens is 9. The van der Waals surface area contributed by atoms with E-state index in [2.05, 4.69) is 129 Å². The van der Waals surface area contributed by atoms with E-state index in [1.54, 1.807) is 40.9 Å². The molecule has 5 atom stereocenters. The van der Waals surface area contributed by atoms with Gasteiger partial charge in [0.1, 0.15) is 19.6 Å². The molecule has 129 heavy (non-hydrogen) atoms. The lowest BCUT2D eigenvalue weighted by molar-refractivity contribution is -0.167. The summed E-state index contributed by atoms with van der Waals surface area (Å²) in [7, 11) is 14.5. The third-order valence-electron chi connectivity index (χ3n) is 23.2.